The minimum absolute atomic E-state index is 0.0924. The van der Waals surface area contributed by atoms with Crippen molar-refractivity contribution in [2.24, 2.45) is 0 Å². The van der Waals surface area contributed by atoms with Gasteiger partial charge < -0.3 is 8.98 Å². The van der Waals surface area contributed by atoms with E-state index in [0.717, 1.165) is 44.3 Å². The highest BCUT2D eigenvalue weighted by atomic mass is 16.3. The van der Waals surface area contributed by atoms with E-state index in [1.807, 2.05) is 60.7 Å². The number of fused-ring (bicyclic) bond motifs is 9. The van der Waals surface area contributed by atoms with Gasteiger partial charge in [0.15, 0.2) is 17.5 Å². The number of rotatable bonds is 4. The summed E-state index contributed by atoms with van der Waals surface area (Å²) in [4.78, 5) is 15.1. The third-order valence-electron chi connectivity index (χ3n) is 11.1. The van der Waals surface area contributed by atoms with Crippen LogP contribution in [-0.4, -0.2) is 19.5 Å². The first-order valence-electron chi connectivity index (χ1n) is 18.0. The van der Waals surface area contributed by atoms with Crippen LogP contribution < -0.4 is 0 Å². The first kappa shape index (κ1) is 29.8. The normalized spacial score (nSPS) is 13.2. The average molecular weight is 681 g/mol. The van der Waals surface area contributed by atoms with Crippen molar-refractivity contribution in [2.75, 3.05) is 0 Å². The maximum Gasteiger partial charge on any atom is 0.167 e. The third kappa shape index (κ3) is 4.40. The molecule has 0 N–H and O–H groups in total. The Bertz CT molecular complexity index is 3080. The molecule has 0 amide bonds. The number of hydrogen-bond acceptors (Lipinski definition) is 4. The second kappa shape index (κ2) is 11.1. The van der Waals surface area contributed by atoms with Crippen LogP contribution >= 0.6 is 0 Å². The molecular formula is C48H32N4O. The predicted molar refractivity (Wildman–Crippen MR) is 215 cm³/mol. The van der Waals surface area contributed by atoms with Crippen molar-refractivity contribution >= 4 is 43.7 Å². The Morgan fingerprint density at radius 2 is 1.09 bits per heavy atom. The summed E-state index contributed by atoms with van der Waals surface area (Å²) < 4.78 is 8.81. The number of para-hydroxylation sites is 3. The van der Waals surface area contributed by atoms with E-state index < -0.39 is 0 Å². The minimum Gasteiger partial charge on any atom is -0.455 e. The number of benzene rings is 7. The Hall–Kier alpha value is -6.85. The van der Waals surface area contributed by atoms with Crippen molar-refractivity contribution in [2.45, 2.75) is 19.3 Å². The number of aromatic nitrogens is 4. The zero-order valence-corrected chi connectivity index (χ0v) is 29.2. The number of hydrogen-bond donors (Lipinski definition) is 0. The van der Waals surface area contributed by atoms with Gasteiger partial charge in [0, 0.05) is 43.8 Å². The second-order valence-electron chi connectivity index (χ2n) is 14.4. The van der Waals surface area contributed by atoms with Gasteiger partial charge >= 0.3 is 0 Å². The van der Waals surface area contributed by atoms with Gasteiger partial charge in [0.05, 0.1) is 16.6 Å². The van der Waals surface area contributed by atoms with Crippen molar-refractivity contribution in [1.82, 2.24) is 19.5 Å². The van der Waals surface area contributed by atoms with E-state index in [1.165, 1.54) is 44.1 Å². The fourth-order valence-corrected chi connectivity index (χ4v) is 8.47. The van der Waals surface area contributed by atoms with Crippen LogP contribution in [0.4, 0.5) is 0 Å². The summed E-state index contributed by atoms with van der Waals surface area (Å²) in [5.41, 5.74) is 13.0. The van der Waals surface area contributed by atoms with Gasteiger partial charge in [0.25, 0.3) is 0 Å². The highest BCUT2D eigenvalue weighted by molar-refractivity contribution is 6.12. The fraction of sp³-hybridized carbons (Fsp3) is 0.0625. The molecule has 5 nitrogen and oxygen atoms in total. The molecule has 0 unspecified atom stereocenters. The lowest BCUT2D eigenvalue weighted by Gasteiger charge is -2.21. The first-order chi connectivity index (χ1) is 26.0. The summed E-state index contributed by atoms with van der Waals surface area (Å²) in [5, 5.41) is 4.60. The molecule has 0 radical (unpaired) electrons. The van der Waals surface area contributed by atoms with E-state index in [1.54, 1.807) is 0 Å². The van der Waals surface area contributed by atoms with Crippen molar-refractivity contribution in [3.63, 3.8) is 0 Å². The summed E-state index contributed by atoms with van der Waals surface area (Å²) >= 11 is 0. The van der Waals surface area contributed by atoms with Gasteiger partial charge in [-0.3, -0.25) is 0 Å². The molecule has 0 aliphatic heterocycles. The van der Waals surface area contributed by atoms with E-state index >= 15 is 0 Å². The molecule has 5 heteroatoms. The molecular weight excluding hydrogens is 649 g/mol. The first-order valence-corrected chi connectivity index (χ1v) is 18.0. The highest BCUT2D eigenvalue weighted by Crippen LogP contribution is 2.51. The zero-order chi connectivity index (χ0) is 35.3. The molecule has 10 aromatic rings. The topological polar surface area (TPSA) is 56.7 Å². The van der Waals surface area contributed by atoms with Crippen LogP contribution in [0.3, 0.4) is 0 Å². The lowest BCUT2D eigenvalue weighted by molar-refractivity contribution is 0.661. The van der Waals surface area contributed by atoms with E-state index in [4.69, 9.17) is 19.4 Å². The van der Waals surface area contributed by atoms with Gasteiger partial charge in [-0.1, -0.05) is 117 Å². The molecule has 250 valence electrons. The van der Waals surface area contributed by atoms with Crippen LogP contribution in [0.25, 0.3) is 94.7 Å². The molecule has 53 heavy (non-hydrogen) atoms. The smallest absolute Gasteiger partial charge is 0.167 e. The molecule has 0 spiro atoms. The minimum atomic E-state index is -0.0924. The lowest BCUT2D eigenvalue weighted by Crippen LogP contribution is -2.14. The van der Waals surface area contributed by atoms with Crippen LogP contribution in [0, 0.1) is 0 Å². The van der Waals surface area contributed by atoms with Gasteiger partial charge in [-0.25, -0.2) is 15.0 Å². The Morgan fingerprint density at radius 1 is 0.453 bits per heavy atom. The highest BCUT2D eigenvalue weighted by Gasteiger charge is 2.36. The molecule has 3 heterocycles. The molecule has 0 saturated carbocycles. The quantitative estimate of drug-likeness (QED) is 0.186. The van der Waals surface area contributed by atoms with Gasteiger partial charge in [-0.05, 0) is 76.9 Å². The SMILES string of the molecule is CC1(C)c2ccccc2-c2cc3c4ccccc4n(-c4ccc(-c5nc(-c6ccccc6)nc(-c6cccc7c6oc6ccccc67)n5)cc4)c3cc21. The maximum atomic E-state index is 6.41. The van der Waals surface area contributed by atoms with E-state index in [-0.39, 0.29) is 5.41 Å². The molecule has 7 aromatic carbocycles. The Labute approximate surface area is 305 Å². The largest absolute Gasteiger partial charge is 0.455 e. The Kier molecular flexibility index (Phi) is 6.23. The van der Waals surface area contributed by atoms with Crippen LogP contribution in [0.15, 0.2) is 162 Å². The molecule has 0 saturated heterocycles. The third-order valence-corrected chi connectivity index (χ3v) is 11.1. The average Bonchev–Trinajstić information content (AvgIpc) is 3.83. The monoisotopic (exact) mass is 680 g/mol. The predicted octanol–water partition coefficient (Wildman–Crippen LogP) is 12.2. The molecule has 1 aliphatic carbocycles. The molecule has 0 fully saturated rings. The van der Waals surface area contributed by atoms with Crippen LogP contribution in [0.2, 0.25) is 0 Å². The van der Waals surface area contributed by atoms with Crippen molar-refractivity contribution in [1.29, 1.82) is 0 Å². The summed E-state index contributed by atoms with van der Waals surface area (Å²) in [7, 11) is 0. The van der Waals surface area contributed by atoms with E-state index in [9.17, 15) is 0 Å². The number of furan rings is 1. The zero-order valence-electron chi connectivity index (χ0n) is 29.2. The standard InChI is InChI=1S/C48H32N4O/c1-48(2)39-20-9-6-15-32(39)37-27-38-33-16-7-10-21-41(33)52(42(38)28-40(37)48)31-25-23-30(24-26-31)46-49-45(29-13-4-3-5-14-29)50-47(51-46)36-19-12-18-35-34-17-8-11-22-43(34)53-44(35)36/h3-28H,1-2H3. The molecule has 1 aliphatic rings. The Balaban J connectivity index is 1.07. The van der Waals surface area contributed by atoms with E-state index in [2.05, 4.69) is 115 Å². The molecule has 0 atom stereocenters. The van der Waals surface area contributed by atoms with Gasteiger partial charge in [-0.2, -0.15) is 0 Å². The van der Waals surface area contributed by atoms with E-state index in [0.29, 0.717) is 17.5 Å². The van der Waals surface area contributed by atoms with Crippen LogP contribution in [-0.2, 0) is 5.41 Å². The lowest BCUT2D eigenvalue weighted by atomic mass is 9.82. The summed E-state index contributed by atoms with van der Waals surface area (Å²) in [6, 6.07) is 55.4. The Morgan fingerprint density at radius 3 is 1.92 bits per heavy atom. The summed E-state index contributed by atoms with van der Waals surface area (Å²) in [6.45, 7) is 4.68. The number of nitrogens with zero attached hydrogens (tertiary/aromatic N) is 4. The van der Waals surface area contributed by atoms with Crippen molar-refractivity contribution in [3.05, 3.63) is 169 Å². The molecule has 3 aromatic heterocycles. The molecule has 11 rings (SSSR count). The van der Waals surface area contributed by atoms with Crippen molar-refractivity contribution in [3.8, 4) is 51.0 Å². The van der Waals surface area contributed by atoms with Gasteiger partial charge in [-0.15, -0.1) is 0 Å². The summed E-state index contributed by atoms with van der Waals surface area (Å²) in [5.74, 6) is 1.79. The van der Waals surface area contributed by atoms with Gasteiger partial charge in [0.1, 0.15) is 11.2 Å². The van der Waals surface area contributed by atoms with Gasteiger partial charge in [0.2, 0.25) is 0 Å². The van der Waals surface area contributed by atoms with Crippen molar-refractivity contribution < 1.29 is 4.42 Å². The van der Waals surface area contributed by atoms with Crippen LogP contribution in [0.5, 0.6) is 0 Å². The fourth-order valence-electron chi connectivity index (χ4n) is 8.47. The maximum absolute atomic E-state index is 6.41. The second-order valence-corrected chi connectivity index (χ2v) is 14.4. The summed E-state index contributed by atoms with van der Waals surface area (Å²) in [6.07, 6.45) is 0. The molecule has 0 bridgehead atoms. The van der Waals surface area contributed by atoms with Crippen LogP contribution in [0.1, 0.15) is 25.0 Å².